The van der Waals surface area contributed by atoms with E-state index in [9.17, 15) is 9.59 Å². The smallest absolute Gasteiger partial charge is 0.277 e. The van der Waals surface area contributed by atoms with Crippen LogP contribution < -0.4 is 4.90 Å². The van der Waals surface area contributed by atoms with Gasteiger partial charge in [0.25, 0.3) is 11.8 Å². The van der Waals surface area contributed by atoms with E-state index >= 15 is 0 Å². The van der Waals surface area contributed by atoms with Crippen LogP contribution in [0.5, 0.6) is 0 Å². The molecule has 8 heteroatoms. The maximum absolute atomic E-state index is 13.2. The molecule has 2 aliphatic rings. The van der Waals surface area contributed by atoms with Crippen LogP contribution >= 0.6 is 23.2 Å². The molecule has 1 aromatic carbocycles. The molecule has 1 saturated heterocycles. The Balaban J connectivity index is 1.68. The molecular formula is C22H22Cl2N4O2. The van der Waals surface area contributed by atoms with E-state index in [-0.39, 0.29) is 11.8 Å². The molecule has 4 rings (SSSR count). The van der Waals surface area contributed by atoms with Gasteiger partial charge in [0.2, 0.25) is 0 Å². The second-order valence-electron chi connectivity index (χ2n) is 7.27. The van der Waals surface area contributed by atoms with Gasteiger partial charge in [-0.25, -0.2) is 4.98 Å². The van der Waals surface area contributed by atoms with Crippen molar-refractivity contribution in [2.24, 2.45) is 0 Å². The normalized spacial score (nSPS) is 17.4. The molecule has 0 spiro atoms. The van der Waals surface area contributed by atoms with Gasteiger partial charge in [-0.15, -0.1) is 0 Å². The van der Waals surface area contributed by atoms with Crippen molar-refractivity contribution in [3.8, 4) is 0 Å². The zero-order chi connectivity index (χ0) is 21.3. The Labute approximate surface area is 185 Å². The monoisotopic (exact) mass is 444 g/mol. The molecule has 3 heterocycles. The Morgan fingerprint density at radius 1 is 0.967 bits per heavy atom. The molecule has 0 saturated carbocycles. The first-order valence-electron chi connectivity index (χ1n) is 9.98. The zero-order valence-electron chi connectivity index (χ0n) is 16.6. The third kappa shape index (κ3) is 3.77. The summed E-state index contributed by atoms with van der Waals surface area (Å²) in [5.74, 6) is 0.357. The lowest BCUT2D eigenvalue weighted by molar-refractivity contribution is -0.137. The molecule has 1 fully saturated rings. The lowest BCUT2D eigenvalue weighted by Crippen LogP contribution is -2.48. The SMILES string of the molecule is CCCN1C(=O)C(c2ccc(Cl)cc2Cl)=C(N2CCN(c3ccccn3)CC2)C1=O. The van der Waals surface area contributed by atoms with E-state index in [1.807, 2.05) is 30.0 Å². The number of pyridine rings is 1. The summed E-state index contributed by atoms with van der Waals surface area (Å²) in [7, 11) is 0. The van der Waals surface area contributed by atoms with Gasteiger partial charge in [-0.05, 0) is 30.7 Å². The highest BCUT2D eigenvalue weighted by atomic mass is 35.5. The number of nitrogens with zero attached hydrogens (tertiary/aromatic N) is 4. The van der Waals surface area contributed by atoms with Gasteiger partial charge in [-0.3, -0.25) is 14.5 Å². The number of benzene rings is 1. The third-order valence-electron chi connectivity index (χ3n) is 5.36. The summed E-state index contributed by atoms with van der Waals surface area (Å²) in [4.78, 5) is 36.3. The average Bonchev–Trinajstić information content (AvgIpc) is 2.99. The minimum atomic E-state index is -0.298. The van der Waals surface area contributed by atoms with E-state index in [0.717, 1.165) is 5.82 Å². The van der Waals surface area contributed by atoms with Gasteiger partial charge in [0, 0.05) is 49.5 Å². The van der Waals surface area contributed by atoms with Crippen molar-refractivity contribution in [3.63, 3.8) is 0 Å². The fourth-order valence-electron chi connectivity index (χ4n) is 3.92. The van der Waals surface area contributed by atoms with E-state index in [0.29, 0.717) is 66.0 Å². The third-order valence-corrected chi connectivity index (χ3v) is 5.91. The number of hydrogen-bond acceptors (Lipinski definition) is 5. The molecule has 30 heavy (non-hydrogen) atoms. The predicted molar refractivity (Wildman–Crippen MR) is 118 cm³/mol. The van der Waals surface area contributed by atoms with Crippen molar-refractivity contribution in [1.29, 1.82) is 0 Å². The molecule has 0 N–H and O–H groups in total. The number of imide groups is 1. The Bertz CT molecular complexity index is 1000. The van der Waals surface area contributed by atoms with Gasteiger partial charge >= 0.3 is 0 Å². The van der Waals surface area contributed by atoms with Crippen molar-refractivity contribution in [2.75, 3.05) is 37.6 Å². The Morgan fingerprint density at radius 2 is 1.70 bits per heavy atom. The molecule has 1 aromatic heterocycles. The molecule has 2 aromatic rings. The first kappa shape index (κ1) is 20.7. The first-order valence-corrected chi connectivity index (χ1v) is 10.7. The standard InChI is InChI=1S/C22H22Cl2N4O2/c1-2-9-28-21(29)19(16-7-6-15(23)14-17(16)24)20(22(28)30)27-12-10-26(11-13-27)18-5-3-4-8-25-18/h3-8,14H,2,9-13H2,1H3. The fraction of sp³-hybridized carbons (Fsp3) is 0.318. The minimum absolute atomic E-state index is 0.255. The summed E-state index contributed by atoms with van der Waals surface area (Å²) in [6, 6.07) is 10.8. The summed E-state index contributed by atoms with van der Waals surface area (Å²) < 4.78 is 0. The fourth-order valence-corrected chi connectivity index (χ4v) is 4.42. The quantitative estimate of drug-likeness (QED) is 0.657. The van der Waals surface area contributed by atoms with E-state index in [4.69, 9.17) is 23.2 Å². The van der Waals surface area contributed by atoms with Crippen molar-refractivity contribution in [2.45, 2.75) is 13.3 Å². The topological polar surface area (TPSA) is 56.8 Å². The summed E-state index contributed by atoms with van der Waals surface area (Å²) in [5.41, 5.74) is 1.33. The average molecular weight is 445 g/mol. The van der Waals surface area contributed by atoms with Crippen LogP contribution in [0, 0.1) is 0 Å². The highest BCUT2D eigenvalue weighted by Gasteiger charge is 2.42. The van der Waals surface area contributed by atoms with Crippen LogP contribution in [-0.4, -0.2) is 59.3 Å². The van der Waals surface area contributed by atoms with E-state index < -0.39 is 0 Å². The van der Waals surface area contributed by atoms with Crippen molar-refractivity contribution in [1.82, 2.24) is 14.8 Å². The number of halogens is 2. The number of rotatable bonds is 5. The molecule has 0 radical (unpaired) electrons. The van der Waals surface area contributed by atoms with Gasteiger partial charge in [0.05, 0.1) is 10.6 Å². The highest BCUT2D eigenvalue weighted by Crippen LogP contribution is 2.36. The molecular weight excluding hydrogens is 423 g/mol. The first-order chi connectivity index (χ1) is 14.5. The molecule has 0 atom stereocenters. The lowest BCUT2D eigenvalue weighted by atomic mass is 10.0. The Kier molecular flexibility index (Phi) is 5.97. The Hall–Kier alpha value is -2.57. The van der Waals surface area contributed by atoms with Crippen LogP contribution in [0.25, 0.3) is 5.57 Å². The molecule has 0 aliphatic carbocycles. The number of piperazine rings is 1. The van der Waals surface area contributed by atoms with Crippen LogP contribution in [0.4, 0.5) is 5.82 Å². The molecule has 6 nitrogen and oxygen atoms in total. The predicted octanol–water partition coefficient (Wildman–Crippen LogP) is 3.70. The second-order valence-corrected chi connectivity index (χ2v) is 8.12. The van der Waals surface area contributed by atoms with E-state index in [1.165, 1.54) is 4.90 Å². The van der Waals surface area contributed by atoms with Crippen molar-refractivity contribution < 1.29 is 9.59 Å². The number of carbonyl (C=O) groups is 2. The molecule has 2 amide bonds. The molecule has 0 bridgehead atoms. The second kappa shape index (κ2) is 8.66. The number of aromatic nitrogens is 1. The summed E-state index contributed by atoms with van der Waals surface area (Å²) in [5, 5.41) is 0.846. The maximum Gasteiger partial charge on any atom is 0.277 e. The van der Waals surface area contributed by atoms with Crippen LogP contribution in [-0.2, 0) is 9.59 Å². The van der Waals surface area contributed by atoms with Gasteiger partial charge in [-0.2, -0.15) is 0 Å². The van der Waals surface area contributed by atoms with Crippen molar-refractivity contribution >= 4 is 46.4 Å². The summed E-state index contributed by atoms with van der Waals surface area (Å²) in [6.07, 6.45) is 2.46. The van der Waals surface area contributed by atoms with E-state index in [2.05, 4.69) is 9.88 Å². The zero-order valence-corrected chi connectivity index (χ0v) is 18.2. The summed E-state index contributed by atoms with van der Waals surface area (Å²) >= 11 is 12.5. The lowest BCUT2D eigenvalue weighted by Gasteiger charge is -2.37. The van der Waals surface area contributed by atoms with Gasteiger partial charge in [0.1, 0.15) is 11.5 Å². The number of anilines is 1. The number of hydrogen-bond donors (Lipinski definition) is 0. The van der Waals surface area contributed by atoms with Gasteiger partial charge in [-0.1, -0.05) is 42.3 Å². The molecule has 156 valence electrons. The van der Waals surface area contributed by atoms with Gasteiger partial charge < -0.3 is 9.80 Å². The highest BCUT2D eigenvalue weighted by molar-refractivity contribution is 6.41. The van der Waals surface area contributed by atoms with E-state index in [1.54, 1.807) is 24.4 Å². The molecule has 2 aliphatic heterocycles. The van der Waals surface area contributed by atoms with Crippen LogP contribution in [0.1, 0.15) is 18.9 Å². The Morgan fingerprint density at radius 3 is 2.33 bits per heavy atom. The van der Waals surface area contributed by atoms with Gasteiger partial charge in [0.15, 0.2) is 0 Å². The maximum atomic E-state index is 13.2. The summed E-state index contributed by atoms with van der Waals surface area (Å²) in [6.45, 7) is 4.96. The van der Waals surface area contributed by atoms with Crippen molar-refractivity contribution in [3.05, 3.63) is 63.9 Å². The van der Waals surface area contributed by atoms with Crippen LogP contribution in [0.2, 0.25) is 10.0 Å². The number of amides is 2. The minimum Gasteiger partial charge on any atom is -0.363 e. The largest absolute Gasteiger partial charge is 0.363 e. The van der Waals surface area contributed by atoms with Crippen LogP contribution in [0.3, 0.4) is 0 Å². The molecule has 0 unspecified atom stereocenters. The number of carbonyl (C=O) groups excluding carboxylic acids is 2. The van der Waals surface area contributed by atoms with Crippen LogP contribution in [0.15, 0.2) is 48.3 Å².